The quantitative estimate of drug-likeness (QED) is 0.405. The van der Waals surface area contributed by atoms with Gasteiger partial charge in [0, 0.05) is 27.9 Å². The second-order valence-electron chi connectivity index (χ2n) is 8.32. The molecule has 0 bridgehead atoms. The third-order valence-corrected chi connectivity index (χ3v) is 6.94. The van der Waals surface area contributed by atoms with Gasteiger partial charge in [0.15, 0.2) is 0 Å². The third-order valence-electron chi connectivity index (χ3n) is 6.06. The summed E-state index contributed by atoms with van der Waals surface area (Å²) >= 11 is 1.25. The van der Waals surface area contributed by atoms with E-state index in [0.29, 0.717) is 38.8 Å². The first kappa shape index (κ1) is 26.2. The number of hydrogen-bond acceptors (Lipinski definition) is 7. The molecule has 0 unspecified atom stereocenters. The lowest BCUT2D eigenvalue weighted by Gasteiger charge is -2.31. The van der Waals surface area contributed by atoms with E-state index in [1.165, 1.54) is 31.6 Å². The molecule has 1 aliphatic rings. The van der Waals surface area contributed by atoms with Gasteiger partial charge in [-0.05, 0) is 31.5 Å². The number of carbonyl (C=O) groups is 2. The van der Waals surface area contributed by atoms with Crippen LogP contribution in [-0.4, -0.2) is 31.1 Å². The largest absolute Gasteiger partial charge is 0.466 e. The van der Waals surface area contributed by atoms with E-state index in [1.807, 2.05) is 0 Å². The van der Waals surface area contributed by atoms with Crippen LogP contribution < -0.4 is 5.32 Å². The van der Waals surface area contributed by atoms with Gasteiger partial charge >= 0.3 is 18.1 Å². The van der Waals surface area contributed by atoms with Gasteiger partial charge in [0.25, 0.3) is 0 Å². The molecule has 192 valence electrons. The molecule has 1 N–H and O–H groups in total. The Hall–Kier alpha value is -3.92. The number of esters is 2. The van der Waals surface area contributed by atoms with Crippen molar-refractivity contribution in [3.8, 4) is 21.8 Å². The highest BCUT2D eigenvalue weighted by atomic mass is 32.1. The average molecular weight is 529 g/mol. The van der Waals surface area contributed by atoms with Gasteiger partial charge in [0.05, 0.1) is 42.5 Å². The fourth-order valence-electron chi connectivity index (χ4n) is 4.39. The van der Waals surface area contributed by atoms with Crippen LogP contribution in [-0.2, 0) is 25.2 Å². The molecule has 0 fully saturated rings. The Balaban J connectivity index is 1.87. The molecule has 2 aromatic carbocycles. The molecule has 0 spiro atoms. The maximum atomic E-state index is 13.2. The summed E-state index contributed by atoms with van der Waals surface area (Å²) in [5.41, 5.74) is 2.72. The van der Waals surface area contributed by atoms with Crippen LogP contribution in [0.25, 0.3) is 21.8 Å². The summed E-state index contributed by atoms with van der Waals surface area (Å²) in [5, 5.41) is 5.26. The Labute approximate surface area is 215 Å². The highest BCUT2D eigenvalue weighted by Crippen LogP contribution is 2.44. The number of rotatable bonds is 5. The molecule has 6 nitrogen and oxygen atoms in total. The monoisotopic (exact) mass is 528 g/mol. The predicted octanol–water partition coefficient (Wildman–Crippen LogP) is 6.08. The van der Waals surface area contributed by atoms with Crippen LogP contribution in [0.15, 0.2) is 76.5 Å². The van der Waals surface area contributed by atoms with Crippen molar-refractivity contribution in [1.29, 1.82) is 0 Å². The zero-order valence-corrected chi connectivity index (χ0v) is 21.2. The van der Waals surface area contributed by atoms with Crippen LogP contribution in [0.4, 0.5) is 13.2 Å². The average Bonchev–Trinajstić information content (AvgIpc) is 3.37. The van der Waals surface area contributed by atoms with E-state index in [4.69, 9.17) is 9.47 Å². The van der Waals surface area contributed by atoms with Gasteiger partial charge < -0.3 is 14.8 Å². The number of dihydropyridines is 1. The van der Waals surface area contributed by atoms with Crippen LogP contribution in [0.5, 0.6) is 0 Å². The number of alkyl halides is 3. The Kier molecular flexibility index (Phi) is 7.22. The number of nitrogens with one attached hydrogen (secondary N) is 1. The molecule has 4 rings (SSSR count). The SMILES string of the molecule is COC(=O)C1=C(C)NC(C)=C(C(=O)OC)C1c1ccccc1-c1nc(-c2cccc(C(F)(F)F)c2)cs1. The molecule has 1 aliphatic heterocycles. The van der Waals surface area contributed by atoms with E-state index in [0.717, 1.165) is 12.1 Å². The van der Waals surface area contributed by atoms with E-state index >= 15 is 0 Å². The molecule has 0 amide bonds. The van der Waals surface area contributed by atoms with Gasteiger partial charge in [-0.3, -0.25) is 0 Å². The lowest BCUT2D eigenvalue weighted by atomic mass is 9.78. The fourth-order valence-corrected chi connectivity index (χ4v) is 5.27. The number of aromatic nitrogens is 1. The lowest BCUT2D eigenvalue weighted by Crippen LogP contribution is -2.32. The maximum absolute atomic E-state index is 13.2. The molecule has 0 saturated carbocycles. The Morgan fingerprint density at radius 1 is 0.946 bits per heavy atom. The van der Waals surface area contributed by atoms with Crippen LogP contribution >= 0.6 is 11.3 Å². The minimum absolute atomic E-state index is 0.246. The van der Waals surface area contributed by atoms with E-state index in [1.54, 1.807) is 49.6 Å². The summed E-state index contributed by atoms with van der Waals surface area (Å²) in [6.07, 6.45) is -4.47. The Morgan fingerprint density at radius 2 is 1.57 bits per heavy atom. The van der Waals surface area contributed by atoms with E-state index in [-0.39, 0.29) is 11.1 Å². The molecular weight excluding hydrogens is 505 g/mol. The first-order valence-corrected chi connectivity index (χ1v) is 12.0. The van der Waals surface area contributed by atoms with Crippen molar-refractivity contribution >= 4 is 23.3 Å². The number of ether oxygens (including phenoxy) is 2. The van der Waals surface area contributed by atoms with Gasteiger partial charge in [-0.1, -0.05) is 36.4 Å². The number of halogens is 3. The molecule has 0 saturated heterocycles. The summed E-state index contributed by atoms with van der Waals surface area (Å²) in [4.78, 5) is 30.4. The standard InChI is InChI=1S/C27H23F3N2O4S/c1-14-21(25(33)35-3)23(22(15(2)31-14)26(34)36-4)18-10-5-6-11-19(18)24-32-20(13-37-24)16-8-7-9-17(12-16)27(28,29)30/h5-13,23,31H,1-4H3. The lowest BCUT2D eigenvalue weighted by molar-refractivity contribution is -0.138. The molecule has 2 heterocycles. The molecule has 3 aromatic rings. The van der Waals surface area contributed by atoms with Crippen LogP contribution in [0, 0.1) is 0 Å². The fraction of sp³-hybridized carbons (Fsp3) is 0.222. The third kappa shape index (κ3) is 5.01. The summed E-state index contributed by atoms with van der Waals surface area (Å²) in [6, 6.07) is 12.1. The predicted molar refractivity (Wildman–Crippen MR) is 133 cm³/mol. The van der Waals surface area contributed by atoms with Crippen LogP contribution in [0.1, 0.15) is 30.9 Å². The molecular formula is C27H23F3N2O4S. The minimum Gasteiger partial charge on any atom is -0.466 e. The zero-order chi connectivity index (χ0) is 26.9. The summed E-state index contributed by atoms with van der Waals surface area (Å²) in [5.74, 6) is -2.04. The van der Waals surface area contributed by atoms with Gasteiger partial charge in [0.2, 0.25) is 0 Å². The summed E-state index contributed by atoms with van der Waals surface area (Å²) in [7, 11) is 2.52. The Morgan fingerprint density at radius 3 is 2.16 bits per heavy atom. The number of benzene rings is 2. The Bertz CT molecular complexity index is 1400. The van der Waals surface area contributed by atoms with Gasteiger partial charge in [-0.25, -0.2) is 14.6 Å². The smallest absolute Gasteiger partial charge is 0.416 e. The minimum atomic E-state index is -4.47. The van der Waals surface area contributed by atoms with E-state index in [9.17, 15) is 22.8 Å². The van der Waals surface area contributed by atoms with Crippen molar-refractivity contribution in [2.24, 2.45) is 0 Å². The van der Waals surface area contributed by atoms with Crippen molar-refractivity contribution in [3.63, 3.8) is 0 Å². The topological polar surface area (TPSA) is 77.5 Å². The van der Waals surface area contributed by atoms with Gasteiger partial charge in [-0.2, -0.15) is 13.2 Å². The first-order valence-electron chi connectivity index (χ1n) is 11.1. The zero-order valence-electron chi connectivity index (χ0n) is 20.4. The molecule has 1 aromatic heterocycles. The molecule has 0 aliphatic carbocycles. The van der Waals surface area contributed by atoms with Crippen molar-refractivity contribution in [2.75, 3.05) is 14.2 Å². The van der Waals surface area contributed by atoms with E-state index in [2.05, 4.69) is 10.3 Å². The number of hydrogen-bond donors (Lipinski definition) is 1. The first-order chi connectivity index (χ1) is 17.6. The molecule has 0 atom stereocenters. The highest BCUT2D eigenvalue weighted by molar-refractivity contribution is 7.13. The second kappa shape index (κ2) is 10.2. The number of methoxy groups -OCH3 is 2. The van der Waals surface area contributed by atoms with Gasteiger partial charge in [0.1, 0.15) is 5.01 Å². The maximum Gasteiger partial charge on any atom is 0.416 e. The van der Waals surface area contributed by atoms with E-state index < -0.39 is 29.6 Å². The normalized spacial score (nSPS) is 14.5. The van der Waals surface area contributed by atoms with Crippen molar-refractivity contribution in [1.82, 2.24) is 10.3 Å². The highest BCUT2D eigenvalue weighted by Gasteiger charge is 2.39. The van der Waals surface area contributed by atoms with Gasteiger partial charge in [-0.15, -0.1) is 11.3 Å². The number of carbonyl (C=O) groups excluding carboxylic acids is 2. The number of thiazole rings is 1. The van der Waals surface area contributed by atoms with Crippen molar-refractivity contribution in [3.05, 3.63) is 87.6 Å². The molecule has 0 radical (unpaired) electrons. The second-order valence-corrected chi connectivity index (χ2v) is 9.18. The summed E-state index contributed by atoms with van der Waals surface area (Å²) < 4.78 is 49.8. The number of nitrogens with zero attached hydrogens (tertiary/aromatic N) is 1. The summed E-state index contributed by atoms with van der Waals surface area (Å²) in [6.45, 7) is 3.43. The number of allylic oxidation sites excluding steroid dienone is 2. The van der Waals surface area contributed by atoms with Crippen LogP contribution in [0.2, 0.25) is 0 Å². The molecule has 37 heavy (non-hydrogen) atoms. The van der Waals surface area contributed by atoms with Crippen LogP contribution in [0.3, 0.4) is 0 Å². The molecule has 10 heteroatoms. The van der Waals surface area contributed by atoms with Crippen molar-refractivity contribution < 1.29 is 32.2 Å². The van der Waals surface area contributed by atoms with Crippen molar-refractivity contribution in [2.45, 2.75) is 25.9 Å².